The zero-order chi connectivity index (χ0) is 12.6. The van der Waals surface area contributed by atoms with E-state index >= 15 is 0 Å². The van der Waals surface area contributed by atoms with Gasteiger partial charge in [0.15, 0.2) is 0 Å². The molecule has 0 amide bonds. The molecule has 0 aliphatic heterocycles. The van der Waals surface area contributed by atoms with Crippen molar-refractivity contribution in [3.8, 4) is 0 Å². The summed E-state index contributed by atoms with van der Waals surface area (Å²) in [6.07, 6.45) is 0. The van der Waals surface area contributed by atoms with Crippen LogP contribution in [0.1, 0.15) is 0 Å². The van der Waals surface area contributed by atoms with E-state index < -0.39 is 0 Å². The van der Waals surface area contributed by atoms with Gasteiger partial charge in [-0.15, -0.1) is 0 Å². The second-order valence-electron chi connectivity index (χ2n) is 1.02. The van der Waals surface area contributed by atoms with Crippen LogP contribution in [0.15, 0.2) is 0 Å². The van der Waals surface area contributed by atoms with E-state index in [0.29, 0.717) is 0 Å². The molecule has 0 atom stereocenters. The molecule has 0 aliphatic carbocycles. The van der Waals surface area contributed by atoms with E-state index in [4.69, 9.17) is 10.5 Å². The molecule has 19 heavy (non-hydrogen) atoms. The van der Waals surface area contributed by atoms with E-state index in [-0.39, 0.29) is 103 Å². The molecule has 0 rings (SSSR count). The topological polar surface area (TPSA) is 185 Å². The van der Waals surface area contributed by atoms with Gasteiger partial charge in [0.1, 0.15) is 0 Å². The first kappa shape index (κ1) is 26.5. The van der Waals surface area contributed by atoms with E-state index in [1.165, 1.54) is 0 Å². The van der Waals surface area contributed by atoms with Gasteiger partial charge in [-0.3, -0.25) is 10.1 Å². The van der Waals surface area contributed by atoms with Crippen molar-refractivity contribution in [1.82, 2.24) is 0 Å². The smallest absolute Gasteiger partial charge is 0.689 e. The van der Waals surface area contributed by atoms with Crippen molar-refractivity contribution in [2.75, 3.05) is 0 Å². The van der Waals surface area contributed by atoms with Gasteiger partial charge in [0.2, 0.25) is 0 Å². The third-order valence-corrected chi connectivity index (χ3v) is 0.389. The van der Waals surface area contributed by atoms with Gasteiger partial charge >= 0.3 is 103 Å². The first-order chi connectivity index (χ1) is 8.41. The van der Waals surface area contributed by atoms with Crippen LogP contribution in [0.5, 0.6) is 0 Å². The summed E-state index contributed by atoms with van der Waals surface area (Å²) in [6.45, 7) is 0. The zero-order valence-electron chi connectivity index (χ0n) is 8.94. The van der Waals surface area contributed by atoms with Crippen LogP contribution in [0.3, 0.4) is 0 Å². The minimum Gasteiger partial charge on any atom is -0.689 e. The van der Waals surface area contributed by atoms with E-state index in [1.54, 1.807) is 0 Å². The van der Waals surface area contributed by atoms with Crippen molar-refractivity contribution in [1.29, 1.82) is 0 Å². The maximum Gasteiger partial charge on any atom is 1.00 e. The van der Waals surface area contributed by atoms with Gasteiger partial charge in [-0.05, 0) is 65.5 Å². The van der Waals surface area contributed by atoms with Crippen LogP contribution >= 0.6 is 0 Å². The fourth-order valence-corrected chi connectivity index (χ4v) is 0.147. The fraction of sp³-hybridized carbons (Fsp3) is 0. The van der Waals surface area contributed by atoms with Gasteiger partial charge in [-0.25, -0.2) is 0 Å². The minimum absolute atomic E-state index is 0. The first-order valence-corrected chi connectivity index (χ1v) is 2.67. The molecule has 0 aromatic carbocycles. The van der Waals surface area contributed by atoms with Crippen LogP contribution in [0.4, 0.5) is 0 Å². The first-order valence-electron chi connectivity index (χ1n) is 2.67. The van der Waals surface area contributed by atoms with Crippen LogP contribution in [-0.4, -0.2) is 0 Å². The van der Waals surface area contributed by atoms with Crippen molar-refractivity contribution in [3.05, 3.63) is 0 Å². The molecule has 0 saturated heterocycles. The molecular formula is K2O17. The van der Waals surface area contributed by atoms with Crippen molar-refractivity contribution in [2.45, 2.75) is 0 Å². The molecule has 19 heteroatoms. The molecule has 0 spiro atoms. The van der Waals surface area contributed by atoms with Gasteiger partial charge in [-0.1, -0.05) is 0 Å². The SMILES string of the molecule is [K+].[K+].[O-]OOOOOOOOOOOOOOO[O-]. The Morgan fingerprint density at radius 2 is 0.474 bits per heavy atom. The van der Waals surface area contributed by atoms with E-state index in [2.05, 4.69) is 75.6 Å². The normalized spacial score (nSPS) is 9.79. The van der Waals surface area contributed by atoms with E-state index in [9.17, 15) is 0 Å². The molecule has 0 saturated carbocycles. The molecule has 17 nitrogen and oxygen atoms in total. The van der Waals surface area contributed by atoms with Gasteiger partial charge in [0.25, 0.3) is 0 Å². The molecule has 0 heterocycles. The predicted molar refractivity (Wildman–Crippen MR) is 16.3 cm³/mol. The van der Waals surface area contributed by atoms with Crippen molar-refractivity contribution in [3.63, 3.8) is 0 Å². The number of hydrogen-bond acceptors (Lipinski definition) is 17. The summed E-state index contributed by atoms with van der Waals surface area (Å²) in [5.74, 6) is 0. The molecule has 0 bridgehead atoms. The van der Waals surface area contributed by atoms with Crippen molar-refractivity contribution < 1.29 is 189 Å². The summed E-state index contributed by atoms with van der Waals surface area (Å²) in [5.41, 5.74) is 0. The Balaban J connectivity index is -0.00000128. The van der Waals surface area contributed by atoms with Crippen LogP contribution in [-0.2, 0) is 75.6 Å². The summed E-state index contributed by atoms with van der Waals surface area (Å²) in [7, 11) is 0. The largest absolute Gasteiger partial charge is 1.00 e. The summed E-state index contributed by atoms with van der Waals surface area (Å²) in [4.78, 5) is 0. The standard InChI is InChI=1S/2K.H2O17/c;;1-3-5-7-9-11-13-15-17-16-14-12-10-8-6-4-2/h;;1-2H/q2*+1;/p-2. The molecule has 0 aromatic rings. The molecular weight excluding hydrogens is 350 g/mol. The molecule has 0 N–H and O–H groups in total. The van der Waals surface area contributed by atoms with E-state index in [1.807, 2.05) is 0 Å². The van der Waals surface area contributed by atoms with Crippen LogP contribution in [0.2, 0.25) is 0 Å². The summed E-state index contributed by atoms with van der Waals surface area (Å²) < 4.78 is 0. The molecule has 0 aliphatic rings. The maximum atomic E-state index is 9.05. The van der Waals surface area contributed by atoms with Crippen molar-refractivity contribution >= 4 is 0 Å². The third-order valence-electron chi connectivity index (χ3n) is 0.389. The number of rotatable bonds is 14. The molecule has 104 valence electrons. The van der Waals surface area contributed by atoms with Gasteiger partial charge in [0.05, 0.1) is 0 Å². The van der Waals surface area contributed by atoms with Crippen LogP contribution in [0.25, 0.3) is 0 Å². The molecule has 0 radical (unpaired) electrons. The predicted octanol–water partition coefficient (Wildman–Crippen LogP) is -9.40. The van der Waals surface area contributed by atoms with Gasteiger partial charge < -0.3 is 10.5 Å². The van der Waals surface area contributed by atoms with Gasteiger partial charge in [0, 0.05) is 0 Å². The second kappa shape index (κ2) is 25.5. The zero-order valence-corrected chi connectivity index (χ0v) is 15.2. The average molecular weight is 350 g/mol. The minimum atomic E-state index is 0. The Morgan fingerprint density at radius 3 is 0.632 bits per heavy atom. The Morgan fingerprint density at radius 1 is 0.316 bits per heavy atom. The Kier molecular flexibility index (Phi) is 35.6. The maximum absolute atomic E-state index is 9.05. The van der Waals surface area contributed by atoms with Crippen LogP contribution in [0, 0.1) is 0 Å². The Hall–Kier alpha value is 2.59. The number of hydrogen-bond donors (Lipinski definition) is 0. The Labute approximate surface area is 185 Å². The molecule has 0 aromatic heterocycles. The van der Waals surface area contributed by atoms with E-state index in [0.717, 1.165) is 0 Å². The fourth-order valence-electron chi connectivity index (χ4n) is 0.147. The quantitative estimate of drug-likeness (QED) is 0.124. The van der Waals surface area contributed by atoms with Gasteiger partial charge in [-0.2, -0.15) is 0 Å². The second-order valence-corrected chi connectivity index (χ2v) is 1.02. The summed E-state index contributed by atoms with van der Waals surface area (Å²) in [5, 5.41) is 66.5. The average Bonchev–Trinajstić information content (AvgIpc) is 2.35. The molecule has 0 fully saturated rings. The summed E-state index contributed by atoms with van der Waals surface area (Å²) in [6, 6.07) is 0. The summed E-state index contributed by atoms with van der Waals surface area (Å²) >= 11 is 0. The monoisotopic (exact) mass is 350 g/mol. The molecule has 0 unspecified atom stereocenters. The van der Waals surface area contributed by atoms with Crippen LogP contribution < -0.4 is 113 Å². The Bertz CT molecular complexity index is 112. The third kappa shape index (κ3) is 25.9. The van der Waals surface area contributed by atoms with Crippen molar-refractivity contribution in [2.24, 2.45) is 0 Å².